The van der Waals surface area contributed by atoms with Crippen molar-refractivity contribution in [2.45, 2.75) is 25.9 Å². The molecule has 1 rings (SSSR count). The van der Waals surface area contributed by atoms with Crippen LogP contribution < -0.4 is 5.32 Å². The van der Waals surface area contributed by atoms with Crippen LogP contribution in [0.15, 0.2) is 0 Å². The maximum absolute atomic E-state index is 5.55. The predicted octanol–water partition coefficient (Wildman–Crippen LogP) is 1.35. The van der Waals surface area contributed by atoms with Crippen molar-refractivity contribution >= 4 is 17.0 Å². The first-order chi connectivity index (χ1) is 4.27. The van der Waals surface area contributed by atoms with Gasteiger partial charge in [0.25, 0.3) is 0 Å². The van der Waals surface area contributed by atoms with E-state index in [4.69, 9.17) is 4.74 Å². The van der Waals surface area contributed by atoms with Crippen LogP contribution in [0.4, 0.5) is 0 Å². The third-order valence-corrected chi connectivity index (χ3v) is 1.98. The molecule has 2 nitrogen and oxygen atoms in total. The fraction of sp³-hybridized carbons (Fsp3) is 1.00. The van der Waals surface area contributed by atoms with Crippen molar-refractivity contribution in [3.63, 3.8) is 0 Å². The molecule has 1 saturated heterocycles. The topological polar surface area (TPSA) is 21.3 Å². The molecule has 0 aromatic heterocycles. The summed E-state index contributed by atoms with van der Waals surface area (Å²) >= 11 is 0. The van der Waals surface area contributed by atoms with Crippen molar-refractivity contribution in [3.8, 4) is 0 Å². The molecular weight excluding hydrogens is 194 g/mol. The lowest BCUT2D eigenvalue weighted by Gasteiger charge is -2.33. The molecule has 1 N–H and O–H groups in total. The number of hydrogen-bond donors (Lipinski definition) is 1. The number of rotatable bonds is 1. The van der Waals surface area contributed by atoms with Crippen LogP contribution in [0.2, 0.25) is 0 Å². The van der Waals surface area contributed by atoms with Gasteiger partial charge in [-0.25, -0.2) is 0 Å². The van der Waals surface area contributed by atoms with E-state index in [0.29, 0.717) is 0 Å². The third-order valence-electron chi connectivity index (χ3n) is 1.98. The average molecular weight is 210 g/mol. The zero-order valence-electron chi connectivity index (χ0n) is 6.64. The Morgan fingerprint density at radius 2 is 2.30 bits per heavy atom. The minimum absolute atomic E-state index is 0. The predicted molar refractivity (Wildman–Crippen MR) is 47.8 cm³/mol. The molecule has 0 amide bonds. The SMILES string of the molecule is Br.CCC1(C)CNCCO1. The number of ether oxygens (including phenoxy) is 1. The maximum Gasteiger partial charge on any atom is 0.0776 e. The molecule has 0 saturated carbocycles. The van der Waals surface area contributed by atoms with E-state index in [9.17, 15) is 0 Å². The Hall–Kier alpha value is 0.400. The lowest BCUT2D eigenvalue weighted by Crippen LogP contribution is -2.47. The lowest BCUT2D eigenvalue weighted by atomic mass is 10.0. The molecule has 1 heterocycles. The van der Waals surface area contributed by atoms with Gasteiger partial charge in [-0.2, -0.15) is 0 Å². The van der Waals surface area contributed by atoms with Crippen molar-refractivity contribution in [1.29, 1.82) is 0 Å². The standard InChI is InChI=1S/C7H15NO.BrH/c1-3-7(2)6-8-4-5-9-7;/h8H,3-6H2,1-2H3;1H. The fourth-order valence-corrected chi connectivity index (χ4v) is 1.00. The van der Waals surface area contributed by atoms with Gasteiger partial charge in [-0.1, -0.05) is 6.92 Å². The Labute approximate surface area is 73.1 Å². The lowest BCUT2D eigenvalue weighted by molar-refractivity contribution is -0.0544. The van der Waals surface area contributed by atoms with E-state index in [0.717, 1.165) is 26.1 Å². The summed E-state index contributed by atoms with van der Waals surface area (Å²) in [5, 5.41) is 3.30. The van der Waals surface area contributed by atoms with E-state index < -0.39 is 0 Å². The molecule has 62 valence electrons. The molecule has 0 aliphatic carbocycles. The Bertz CT molecular complexity index is 91.6. The van der Waals surface area contributed by atoms with Gasteiger partial charge < -0.3 is 10.1 Å². The van der Waals surface area contributed by atoms with Crippen LogP contribution in [-0.4, -0.2) is 25.3 Å². The van der Waals surface area contributed by atoms with Gasteiger partial charge in [0.1, 0.15) is 0 Å². The molecule has 0 aromatic rings. The number of hydrogen-bond acceptors (Lipinski definition) is 2. The van der Waals surface area contributed by atoms with E-state index in [-0.39, 0.29) is 22.6 Å². The first kappa shape index (κ1) is 10.4. The minimum atomic E-state index is 0. The second-order valence-electron chi connectivity index (χ2n) is 2.83. The summed E-state index contributed by atoms with van der Waals surface area (Å²) < 4.78 is 5.55. The first-order valence-electron chi connectivity index (χ1n) is 3.61. The zero-order chi connectivity index (χ0) is 6.74. The van der Waals surface area contributed by atoms with Crippen LogP contribution in [0.1, 0.15) is 20.3 Å². The van der Waals surface area contributed by atoms with Gasteiger partial charge in [-0.15, -0.1) is 17.0 Å². The van der Waals surface area contributed by atoms with Gasteiger partial charge in [0.2, 0.25) is 0 Å². The van der Waals surface area contributed by atoms with Gasteiger partial charge in [0, 0.05) is 13.1 Å². The molecule has 1 fully saturated rings. The summed E-state index contributed by atoms with van der Waals surface area (Å²) in [6.07, 6.45) is 1.10. The Balaban J connectivity index is 0.000000810. The summed E-state index contributed by atoms with van der Waals surface area (Å²) in [7, 11) is 0. The Kier molecular flexibility index (Phi) is 4.49. The van der Waals surface area contributed by atoms with Gasteiger partial charge >= 0.3 is 0 Å². The monoisotopic (exact) mass is 209 g/mol. The van der Waals surface area contributed by atoms with Crippen molar-refractivity contribution in [2.75, 3.05) is 19.7 Å². The molecule has 1 aliphatic heterocycles. The van der Waals surface area contributed by atoms with Crippen LogP contribution >= 0.6 is 17.0 Å². The van der Waals surface area contributed by atoms with Crippen LogP contribution in [0, 0.1) is 0 Å². The van der Waals surface area contributed by atoms with E-state index in [1.807, 2.05) is 0 Å². The maximum atomic E-state index is 5.55. The fourth-order valence-electron chi connectivity index (χ4n) is 1.00. The highest BCUT2D eigenvalue weighted by Gasteiger charge is 2.24. The van der Waals surface area contributed by atoms with Crippen molar-refractivity contribution in [2.24, 2.45) is 0 Å². The van der Waals surface area contributed by atoms with Gasteiger partial charge in [-0.05, 0) is 13.3 Å². The van der Waals surface area contributed by atoms with Crippen LogP contribution in [-0.2, 0) is 4.74 Å². The molecule has 3 heteroatoms. The zero-order valence-corrected chi connectivity index (χ0v) is 8.36. The summed E-state index contributed by atoms with van der Waals surface area (Å²) in [4.78, 5) is 0. The van der Waals surface area contributed by atoms with Crippen LogP contribution in [0.3, 0.4) is 0 Å². The van der Waals surface area contributed by atoms with E-state index in [1.54, 1.807) is 0 Å². The van der Waals surface area contributed by atoms with Crippen LogP contribution in [0.5, 0.6) is 0 Å². The molecule has 10 heavy (non-hydrogen) atoms. The van der Waals surface area contributed by atoms with Crippen molar-refractivity contribution < 1.29 is 4.74 Å². The van der Waals surface area contributed by atoms with Crippen molar-refractivity contribution in [3.05, 3.63) is 0 Å². The summed E-state index contributed by atoms with van der Waals surface area (Å²) in [6.45, 7) is 7.19. The molecule has 1 atom stereocenters. The smallest absolute Gasteiger partial charge is 0.0776 e. The molecule has 1 unspecified atom stereocenters. The molecule has 0 spiro atoms. The molecule has 0 radical (unpaired) electrons. The highest BCUT2D eigenvalue weighted by molar-refractivity contribution is 8.93. The summed E-state index contributed by atoms with van der Waals surface area (Å²) in [6, 6.07) is 0. The molecule has 0 bridgehead atoms. The Morgan fingerprint density at radius 3 is 2.60 bits per heavy atom. The van der Waals surface area contributed by atoms with Crippen LogP contribution in [0.25, 0.3) is 0 Å². The second-order valence-corrected chi connectivity index (χ2v) is 2.83. The largest absolute Gasteiger partial charge is 0.373 e. The van der Waals surface area contributed by atoms with E-state index in [1.165, 1.54) is 0 Å². The Morgan fingerprint density at radius 1 is 1.60 bits per heavy atom. The first-order valence-corrected chi connectivity index (χ1v) is 3.61. The van der Waals surface area contributed by atoms with Gasteiger partial charge in [0.05, 0.1) is 12.2 Å². The average Bonchev–Trinajstić information content (AvgIpc) is 1.90. The summed E-state index contributed by atoms with van der Waals surface area (Å²) in [5.41, 5.74) is 0.109. The molecule has 0 aromatic carbocycles. The number of nitrogens with one attached hydrogen (secondary N) is 1. The van der Waals surface area contributed by atoms with E-state index in [2.05, 4.69) is 19.2 Å². The quantitative estimate of drug-likeness (QED) is 0.705. The van der Waals surface area contributed by atoms with Gasteiger partial charge in [0.15, 0.2) is 0 Å². The normalized spacial score (nSPS) is 33.0. The highest BCUT2D eigenvalue weighted by Crippen LogP contribution is 2.15. The number of halogens is 1. The van der Waals surface area contributed by atoms with Crippen molar-refractivity contribution in [1.82, 2.24) is 5.32 Å². The number of morpholine rings is 1. The summed E-state index contributed by atoms with van der Waals surface area (Å²) in [5.74, 6) is 0. The van der Waals surface area contributed by atoms with E-state index >= 15 is 0 Å². The minimum Gasteiger partial charge on any atom is -0.373 e. The highest BCUT2D eigenvalue weighted by atomic mass is 79.9. The molecular formula is C7H16BrNO. The third kappa shape index (κ3) is 2.56. The van der Waals surface area contributed by atoms with Gasteiger partial charge in [-0.3, -0.25) is 0 Å². The second kappa shape index (κ2) is 4.31. The molecule has 1 aliphatic rings.